The molecule has 1 fully saturated rings. The van der Waals surface area contributed by atoms with Crippen molar-refractivity contribution in [1.82, 2.24) is 9.88 Å². The van der Waals surface area contributed by atoms with Gasteiger partial charge in [-0.1, -0.05) is 6.07 Å². The number of hydrogen-bond donors (Lipinski definition) is 0. The number of hydrogen-bond acceptors (Lipinski definition) is 3. The molecule has 25 heavy (non-hydrogen) atoms. The summed E-state index contributed by atoms with van der Waals surface area (Å²) in [7, 11) is 0. The van der Waals surface area contributed by atoms with Gasteiger partial charge in [0.1, 0.15) is 11.9 Å². The lowest BCUT2D eigenvalue weighted by molar-refractivity contribution is 0.137. The fraction of sp³-hybridized carbons (Fsp3) is 0.333. The van der Waals surface area contributed by atoms with Gasteiger partial charge in [-0.3, -0.25) is 4.98 Å². The number of amides is 1. The standard InChI is InChI=1S/C18H17F3N2O2/c1-10-8-23(18(24)25-10)9-14-5-13(7-22-11(14)2)12-3-4-16(19)15(6-12)17(20)21/h3-7,10,17H,8-9H2,1-2H3/t10-/m1/s1. The molecule has 0 saturated carbocycles. The minimum Gasteiger partial charge on any atom is -0.444 e. The molecular formula is C18H17F3N2O2. The van der Waals surface area contributed by atoms with Gasteiger partial charge in [0.05, 0.1) is 18.7 Å². The van der Waals surface area contributed by atoms with Crippen LogP contribution in [0.3, 0.4) is 0 Å². The van der Waals surface area contributed by atoms with Gasteiger partial charge in [-0.2, -0.15) is 0 Å². The van der Waals surface area contributed by atoms with Gasteiger partial charge in [0.15, 0.2) is 0 Å². The Kier molecular flexibility index (Phi) is 4.65. The molecule has 0 aliphatic carbocycles. The van der Waals surface area contributed by atoms with Crippen LogP contribution in [0.25, 0.3) is 11.1 Å². The second-order valence-electron chi connectivity index (χ2n) is 6.08. The lowest BCUT2D eigenvalue weighted by Gasteiger charge is -2.15. The highest BCUT2D eigenvalue weighted by atomic mass is 19.3. The summed E-state index contributed by atoms with van der Waals surface area (Å²) in [6, 6.07) is 5.36. The summed E-state index contributed by atoms with van der Waals surface area (Å²) in [5.41, 5.74) is 1.90. The molecular weight excluding hydrogens is 333 g/mol. The lowest BCUT2D eigenvalue weighted by atomic mass is 10.0. The number of ether oxygens (including phenoxy) is 1. The first-order valence-corrected chi connectivity index (χ1v) is 7.84. The van der Waals surface area contributed by atoms with E-state index in [0.29, 0.717) is 24.2 Å². The van der Waals surface area contributed by atoms with Crippen LogP contribution in [0.5, 0.6) is 0 Å². The average Bonchev–Trinajstić information content (AvgIpc) is 2.87. The zero-order valence-corrected chi connectivity index (χ0v) is 13.8. The summed E-state index contributed by atoms with van der Waals surface area (Å²) in [6.07, 6.45) is -1.90. The van der Waals surface area contributed by atoms with E-state index in [-0.39, 0.29) is 12.2 Å². The normalized spacial score (nSPS) is 17.3. The van der Waals surface area contributed by atoms with E-state index in [9.17, 15) is 18.0 Å². The third-order valence-electron chi connectivity index (χ3n) is 4.16. The lowest BCUT2D eigenvalue weighted by Crippen LogP contribution is -2.24. The summed E-state index contributed by atoms with van der Waals surface area (Å²) < 4.78 is 44.4. The van der Waals surface area contributed by atoms with Crippen molar-refractivity contribution in [3.05, 3.63) is 53.1 Å². The van der Waals surface area contributed by atoms with E-state index in [1.54, 1.807) is 24.1 Å². The molecule has 0 unspecified atom stereocenters. The van der Waals surface area contributed by atoms with E-state index < -0.39 is 17.8 Å². The highest BCUT2D eigenvalue weighted by Crippen LogP contribution is 2.29. The third kappa shape index (κ3) is 3.60. The maximum absolute atomic E-state index is 13.5. The average molecular weight is 350 g/mol. The number of nitrogens with zero attached hydrogens (tertiary/aromatic N) is 2. The number of carbonyl (C=O) groups excluding carboxylic acids is 1. The Morgan fingerprint density at radius 3 is 2.72 bits per heavy atom. The van der Waals surface area contributed by atoms with Crippen molar-refractivity contribution in [1.29, 1.82) is 0 Å². The number of rotatable bonds is 4. The van der Waals surface area contributed by atoms with E-state index >= 15 is 0 Å². The van der Waals surface area contributed by atoms with Gasteiger partial charge in [0, 0.05) is 17.5 Å². The number of cyclic esters (lactones) is 1. The van der Waals surface area contributed by atoms with Crippen LogP contribution in [-0.2, 0) is 11.3 Å². The molecule has 2 aromatic rings. The molecule has 1 aromatic heterocycles. The Morgan fingerprint density at radius 2 is 2.08 bits per heavy atom. The second kappa shape index (κ2) is 6.74. The van der Waals surface area contributed by atoms with E-state index in [4.69, 9.17) is 4.74 Å². The first-order chi connectivity index (χ1) is 11.8. The van der Waals surface area contributed by atoms with Gasteiger partial charge in [0.2, 0.25) is 0 Å². The molecule has 1 atom stereocenters. The van der Waals surface area contributed by atoms with Gasteiger partial charge in [-0.05, 0) is 43.2 Å². The minimum atomic E-state index is -2.89. The summed E-state index contributed by atoms with van der Waals surface area (Å²) >= 11 is 0. The predicted octanol–water partition coefficient (Wildman–Crippen LogP) is 4.47. The van der Waals surface area contributed by atoms with Crippen molar-refractivity contribution in [2.45, 2.75) is 32.9 Å². The largest absolute Gasteiger partial charge is 0.444 e. The summed E-state index contributed by atoms with van der Waals surface area (Å²) in [5.74, 6) is -0.937. The first kappa shape index (κ1) is 17.3. The molecule has 1 aliphatic heterocycles. The summed E-state index contributed by atoms with van der Waals surface area (Å²) in [6.45, 7) is 4.41. The molecule has 3 rings (SSSR count). The maximum Gasteiger partial charge on any atom is 0.410 e. The number of pyridine rings is 1. The smallest absolute Gasteiger partial charge is 0.410 e. The Bertz CT molecular complexity index is 811. The van der Waals surface area contributed by atoms with Crippen LogP contribution in [0.4, 0.5) is 18.0 Å². The Morgan fingerprint density at radius 1 is 1.32 bits per heavy atom. The van der Waals surface area contributed by atoms with Crippen molar-refractivity contribution in [2.75, 3.05) is 6.54 Å². The molecule has 0 bridgehead atoms. The van der Waals surface area contributed by atoms with Gasteiger partial charge in [-0.15, -0.1) is 0 Å². The molecule has 7 heteroatoms. The van der Waals surface area contributed by atoms with Gasteiger partial charge in [0.25, 0.3) is 6.43 Å². The van der Waals surface area contributed by atoms with Crippen LogP contribution in [-0.4, -0.2) is 28.6 Å². The highest BCUT2D eigenvalue weighted by Gasteiger charge is 2.28. The molecule has 1 aromatic carbocycles. The van der Waals surface area contributed by atoms with Gasteiger partial charge in [-0.25, -0.2) is 18.0 Å². The monoisotopic (exact) mass is 350 g/mol. The van der Waals surface area contributed by atoms with Crippen LogP contribution in [0.1, 0.15) is 30.2 Å². The number of aryl methyl sites for hydroxylation is 1. The minimum absolute atomic E-state index is 0.172. The molecule has 1 aliphatic rings. The number of halogens is 3. The van der Waals surface area contributed by atoms with E-state index in [2.05, 4.69) is 4.98 Å². The number of carbonyl (C=O) groups is 1. The maximum atomic E-state index is 13.5. The summed E-state index contributed by atoms with van der Waals surface area (Å²) in [4.78, 5) is 17.6. The van der Waals surface area contributed by atoms with E-state index in [1.165, 1.54) is 6.07 Å². The molecule has 1 amide bonds. The molecule has 0 N–H and O–H groups in total. The third-order valence-corrected chi connectivity index (χ3v) is 4.16. The molecule has 0 spiro atoms. The molecule has 0 radical (unpaired) electrons. The van der Waals surface area contributed by atoms with Crippen molar-refractivity contribution >= 4 is 6.09 Å². The molecule has 1 saturated heterocycles. The van der Waals surface area contributed by atoms with Crippen molar-refractivity contribution in [3.8, 4) is 11.1 Å². The molecule has 2 heterocycles. The van der Waals surface area contributed by atoms with Gasteiger partial charge < -0.3 is 9.64 Å². The highest BCUT2D eigenvalue weighted by molar-refractivity contribution is 5.70. The van der Waals surface area contributed by atoms with Crippen LogP contribution in [0.15, 0.2) is 30.5 Å². The van der Waals surface area contributed by atoms with Gasteiger partial charge >= 0.3 is 6.09 Å². The van der Waals surface area contributed by atoms with E-state index in [0.717, 1.165) is 23.4 Å². The summed E-state index contributed by atoms with van der Waals surface area (Å²) in [5, 5.41) is 0. The number of aromatic nitrogens is 1. The Hall–Kier alpha value is -2.57. The SMILES string of the molecule is Cc1ncc(-c2ccc(F)c(C(F)F)c2)cc1CN1C[C@@H](C)OC1=O. The van der Waals surface area contributed by atoms with Crippen LogP contribution < -0.4 is 0 Å². The fourth-order valence-corrected chi connectivity index (χ4v) is 2.79. The van der Waals surface area contributed by atoms with Crippen molar-refractivity contribution in [2.24, 2.45) is 0 Å². The fourth-order valence-electron chi connectivity index (χ4n) is 2.79. The molecule has 132 valence electrons. The van der Waals surface area contributed by atoms with Crippen molar-refractivity contribution in [3.63, 3.8) is 0 Å². The zero-order valence-electron chi connectivity index (χ0n) is 13.8. The Labute approximate surface area is 143 Å². The van der Waals surface area contributed by atoms with Crippen molar-refractivity contribution < 1.29 is 22.7 Å². The molecule has 4 nitrogen and oxygen atoms in total. The number of alkyl halides is 2. The predicted molar refractivity (Wildman–Crippen MR) is 85.7 cm³/mol. The first-order valence-electron chi connectivity index (χ1n) is 7.84. The van der Waals surface area contributed by atoms with Crippen LogP contribution in [0, 0.1) is 12.7 Å². The second-order valence-corrected chi connectivity index (χ2v) is 6.08. The van der Waals surface area contributed by atoms with Crippen LogP contribution in [0.2, 0.25) is 0 Å². The topological polar surface area (TPSA) is 42.4 Å². The zero-order chi connectivity index (χ0) is 18.1. The van der Waals surface area contributed by atoms with E-state index in [1.807, 2.05) is 6.92 Å². The van der Waals surface area contributed by atoms with Crippen LogP contribution >= 0.6 is 0 Å². The Balaban J connectivity index is 1.92. The quantitative estimate of drug-likeness (QED) is 0.817. The number of benzene rings is 1.